The van der Waals surface area contributed by atoms with E-state index in [1.165, 1.54) is 17.1 Å². The van der Waals surface area contributed by atoms with Crippen LogP contribution in [0.4, 0.5) is 5.95 Å². The van der Waals surface area contributed by atoms with E-state index in [0.29, 0.717) is 6.42 Å². The van der Waals surface area contributed by atoms with Gasteiger partial charge in [0.15, 0.2) is 0 Å². The maximum Gasteiger partial charge on any atom is 0.490 e. The number of hydrogen-bond acceptors (Lipinski definition) is 5. The molecule has 0 amide bonds. The minimum Gasteiger partial charge on any atom is -0.478 e. The van der Waals surface area contributed by atoms with Crippen molar-refractivity contribution in [3.05, 3.63) is 28.1 Å². The fourth-order valence-electron chi connectivity index (χ4n) is 1.04. The Labute approximate surface area is 90.4 Å². The summed E-state index contributed by atoms with van der Waals surface area (Å²) in [6.45, 7) is 1.86. The molecule has 1 heterocycles. The summed E-state index contributed by atoms with van der Waals surface area (Å²) >= 11 is 0. The summed E-state index contributed by atoms with van der Waals surface area (Å²) in [6.07, 6.45) is 3.01. The predicted molar refractivity (Wildman–Crippen MR) is 52.7 cm³/mol. The van der Waals surface area contributed by atoms with Crippen LogP contribution in [-0.2, 0) is 11.3 Å². The lowest BCUT2D eigenvalue weighted by Crippen LogP contribution is -2.03. The molecule has 0 aliphatic heterocycles. The quantitative estimate of drug-likeness (QED) is 0.447. The average Bonchev–Trinajstić information content (AvgIpc) is 2.67. The van der Waals surface area contributed by atoms with Gasteiger partial charge in [-0.1, -0.05) is 18.0 Å². The van der Waals surface area contributed by atoms with Gasteiger partial charge >= 0.3 is 11.9 Å². The van der Waals surface area contributed by atoms with E-state index in [4.69, 9.17) is 5.11 Å². The number of allylic oxidation sites excluding steroid dienone is 1. The van der Waals surface area contributed by atoms with Crippen molar-refractivity contribution in [1.29, 1.82) is 0 Å². The van der Waals surface area contributed by atoms with Gasteiger partial charge in [-0.05, 0) is 11.3 Å². The molecular weight excluding hydrogens is 216 g/mol. The fourth-order valence-corrected chi connectivity index (χ4v) is 1.04. The van der Waals surface area contributed by atoms with Crippen molar-refractivity contribution in [1.82, 2.24) is 14.8 Å². The second kappa shape index (κ2) is 5.01. The molecule has 0 saturated carbocycles. The number of aliphatic carboxylic acids is 1. The molecule has 86 valence electrons. The summed E-state index contributed by atoms with van der Waals surface area (Å²) < 4.78 is 1.21. The fraction of sp³-hybridized carbons (Fsp3) is 0.375. The van der Waals surface area contributed by atoms with Crippen molar-refractivity contribution in [3.8, 4) is 0 Å². The zero-order chi connectivity index (χ0) is 12.1. The molecule has 0 aliphatic rings. The van der Waals surface area contributed by atoms with Crippen molar-refractivity contribution in [2.45, 2.75) is 19.9 Å². The van der Waals surface area contributed by atoms with Gasteiger partial charge in [0.05, 0.1) is 6.54 Å². The second-order valence-corrected chi connectivity index (χ2v) is 2.91. The van der Waals surface area contributed by atoms with Crippen molar-refractivity contribution in [2.24, 2.45) is 0 Å². The number of carboxylic acids is 1. The molecule has 0 spiro atoms. The Balaban J connectivity index is 2.73. The van der Waals surface area contributed by atoms with E-state index in [2.05, 4.69) is 10.1 Å². The first-order valence-electron chi connectivity index (χ1n) is 4.50. The minimum absolute atomic E-state index is 0.149. The Morgan fingerprint density at radius 1 is 1.75 bits per heavy atom. The Hall–Kier alpha value is -2.25. The molecule has 0 aliphatic carbocycles. The monoisotopic (exact) mass is 226 g/mol. The van der Waals surface area contributed by atoms with Crippen LogP contribution in [0.3, 0.4) is 0 Å². The van der Waals surface area contributed by atoms with Crippen LogP contribution in [0.5, 0.6) is 0 Å². The first-order valence-corrected chi connectivity index (χ1v) is 4.50. The molecule has 1 aromatic rings. The van der Waals surface area contributed by atoms with Gasteiger partial charge in [-0.3, -0.25) is 0 Å². The Morgan fingerprint density at radius 3 is 2.88 bits per heavy atom. The summed E-state index contributed by atoms with van der Waals surface area (Å²) in [6, 6.07) is 0. The van der Waals surface area contributed by atoms with Crippen LogP contribution in [0.2, 0.25) is 0 Å². The highest BCUT2D eigenvalue weighted by Crippen LogP contribution is 2.03. The number of nitrogens with zero attached hydrogens (tertiary/aromatic N) is 4. The van der Waals surface area contributed by atoms with E-state index < -0.39 is 16.8 Å². The molecule has 0 saturated heterocycles. The molecule has 0 atom stereocenters. The van der Waals surface area contributed by atoms with Crippen LogP contribution in [0.25, 0.3) is 0 Å². The molecule has 8 nitrogen and oxygen atoms in total. The summed E-state index contributed by atoms with van der Waals surface area (Å²) in [5.41, 5.74) is 0.234. The first kappa shape index (κ1) is 11.8. The van der Waals surface area contributed by atoms with Gasteiger partial charge in [-0.2, -0.15) is 4.68 Å². The van der Waals surface area contributed by atoms with Crippen molar-refractivity contribution in [3.63, 3.8) is 0 Å². The van der Waals surface area contributed by atoms with Gasteiger partial charge in [0.1, 0.15) is 0 Å². The molecular formula is C8H10N4O4. The zero-order valence-electron chi connectivity index (χ0n) is 8.53. The smallest absolute Gasteiger partial charge is 0.478 e. The summed E-state index contributed by atoms with van der Waals surface area (Å²) in [5.74, 6) is -1.50. The number of nitro groups is 1. The molecule has 0 bridgehead atoms. The Bertz CT molecular complexity index is 437. The van der Waals surface area contributed by atoms with Crippen LogP contribution in [-0.4, -0.2) is 30.8 Å². The number of carbonyl (C=O) groups is 1. The van der Waals surface area contributed by atoms with E-state index in [1.807, 2.05) is 0 Å². The van der Waals surface area contributed by atoms with Gasteiger partial charge in [0.2, 0.25) is 6.33 Å². The molecule has 8 heteroatoms. The molecule has 1 aromatic heterocycles. The number of hydrogen-bond donors (Lipinski definition) is 1. The van der Waals surface area contributed by atoms with Gasteiger partial charge in [-0.25, -0.2) is 4.79 Å². The first-order chi connectivity index (χ1) is 7.54. The molecule has 0 aromatic carbocycles. The second-order valence-electron chi connectivity index (χ2n) is 2.91. The van der Waals surface area contributed by atoms with Crippen LogP contribution in [0.15, 0.2) is 18.0 Å². The molecule has 0 fully saturated rings. The van der Waals surface area contributed by atoms with E-state index in [0.717, 1.165) is 0 Å². The van der Waals surface area contributed by atoms with Crippen LogP contribution in [0, 0.1) is 10.1 Å². The van der Waals surface area contributed by atoms with E-state index >= 15 is 0 Å². The maximum absolute atomic E-state index is 10.6. The van der Waals surface area contributed by atoms with Gasteiger partial charge in [0, 0.05) is 10.7 Å². The predicted octanol–water partition coefficient (Wildman–Crippen LogP) is 0.607. The normalized spacial score (nSPS) is 11.4. The average molecular weight is 226 g/mol. The molecule has 1 N–H and O–H groups in total. The molecule has 16 heavy (non-hydrogen) atoms. The standard InChI is InChI=1S/C8H10N4O4/c1-2-6(7(13)14)3-4-11-5-9-8(10-11)12(15)16/h3,5H,2,4H2,1H3,(H,13,14). The van der Waals surface area contributed by atoms with Crippen LogP contribution in [0.1, 0.15) is 13.3 Å². The molecule has 1 rings (SSSR count). The summed E-state index contributed by atoms with van der Waals surface area (Å²) in [4.78, 5) is 23.6. The number of rotatable bonds is 5. The van der Waals surface area contributed by atoms with Crippen molar-refractivity contribution >= 4 is 11.9 Å². The van der Waals surface area contributed by atoms with Gasteiger partial charge in [-0.15, -0.1) is 0 Å². The highest BCUT2D eigenvalue weighted by molar-refractivity contribution is 5.86. The summed E-state index contributed by atoms with van der Waals surface area (Å²) in [7, 11) is 0. The van der Waals surface area contributed by atoms with Gasteiger partial charge < -0.3 is 15.2 Å². The third-order valence-corrected chi connectivity index (χ3v) is 1.87. The van der Waals surface area contributed by atoms with Crippen LogP contribution < -0.4 is 0 Å². The third kappa shape index (κ3) is 2.87. The largest absolute Gasteiger partial charge is 0.490 e. The summed E-state index contributed by atoms with van der Waals surface area (Å²) in [5, 5.41) is 22.5. The van der Waals surface area contributed by atoms with Crippen molar-refractivity contribution in [2.75, 3.05) is 0 Å². The zero-order valence-corrected chi connectivity index (χ0v) is 8.53. The lowest BCUT2D eigenvalue weighted by molar-refractivity contribution is -0.394. The highest BCUT2D eigenvalue weighted by Gasteiger charge is 2.12. The van der Waals surface area contributed by atoms with Crippen LogP contribution >= 0.6 is 0 Å². The lowest BCUT2D eigenvalue weighted by Gasteiger charge is -1.95. The minimum atomic E-state index is -1.00. The van der Waals surface area contributed by atoms with Crippen molar-refractivity contribution < 1.29 is 14.8 Å². The third-order valence-electron chi connectivity index (χ3n) is 1.87. The molecule has 0 radical (unpaired) electrons. The SMILES string of the molecule is CCC(=CCn1cnc([N+](=O)[O-])n1)C(=O)O. The number of aromatic nitrogens is 3. The topological polar surface area (TPSA) is 111 Å². The van der Waals surface area contributed by atoms with E-state index in [-0.39, 0.29) is 12.1 Å². The Kier molecular flexibility index (Phi) is 3.70. The van der Waals surface area contributed by atoms with Gasteiger partial charge in [0.25, 0.3) is 0 Å². The maximum atomic E-state index is 10.6. The lowest BCUT2D eigenvalue weighted by atomic mass is 10.2. The Morgan fingerprint density at radius 2 is 2.44 bits per heavy atom. The van der Waals surface area contributed by atoms with E-state index in [1.54, 1.807) is 6.92 Å². The number of carboxylic acid groups (broad SMARTS) is 1. The highest BCUT2D eigenvalue weighted by atomic mass is 16.6. The van der Waals surface area contributed by atoms with E-state index in [9.17, 15) is 14.9 Å². The molecule has 0 unspecified atom stereocenters.